The maximum atomic E-state index is 7.88. The first-order chi connectivity index (χ1) is 12.2. The lowest BCUT2D eigenvalue weighted by Crippen LogP contribution is -1.90. The molecule has 0 bridgehead atoms. The highest BCUT2D eigenvalue weighted by Gasteiger charge is 1.88. The van der Waals surface area contributed by atoms with Crippen molar-refractivity contribution in [3.8, 4) is 0 Å². The van der Waals surface area contributed by atoms with Crippen LogP contribution in [0.15, 0.2) is 0 Å². The van der Waals surface area contributed by atoms with Crippen LogP contribution in [0, 0.1) is 0 Å². The van der Waals surface area contributed by atoms with Gasteiger partial charge >= 0.3 is 0 Å². The van der Waals surface area contributed by atoms with Crippen molar-refractivity contribution >= 4 is 186 Å². The molecule has 0 unspecified atom stereocenters. The van der Waals surface area contributed by atoms with Gasteiger partial charge in [0.25, 0.3) is 0 Å². The molecule has 0 amide bonds. The van der Waals surface area contributed by atoms with Gasteiger partial charge in [-0.15, -0.1) is 186 Å². The molecule has 17 heteroatoms. The van der Waals surface area contributed by atoms with Gasteiger partial charge in [0, 0.05) is 0 Å². The standard InChI is InChI=1S/C2H4Cl2O.7CH2Cl2/c3-2(4)1-5;7*2-1-3/h2,5H,1H2;7*1H2. The fourth-order valence-electron chi connectivity index (χ4n) is 0. The summed E-state index contributed by atoms with van der Waals surface area (Å²) in [4.78, 5) is -0.616. The minimum Gasteiger partial charge on any atom is -0.394 e. The monoisotopic (exact) mass is 702 g/mol. The summed E-state index contributed by atoms with van der Waals surface area (Å²) in [5.74, 6) is 0. The first kappa shape index (κ1) is 52.5. The topological polar surface area (TPSA) is 20.2 Å². The lowest BCUT2D eigenvalue weighted by molar-refractivity contribution is 0.313. The summed E-state index contributed by atoms with van der Waals surface area (Å²) < 4.78 is 0. The van der Waals surface area contributed by atoms with Crippen LogP contribution in [0.1, 0.15) is 0 Å². The van der Waals surface area contributed by atoms with E-state index in [1.807, 2.05) is 0 Å². The molecule has 0 rings (SSSR count). The summed E-state index contributed by atoms with van der Waals surface area (Å²) in [6, 6.07) is 0. The predicted octanol–water partition coefficient (Wildman–Crippen LogP) is 10.7. The molecule has 1 nitrogen and oxygen atoms in total. The summed E-state index contributed by atoms with van der Waals surface area (Å²) in [5, 5.41) is 9.24. The Hall–Kier alpha value is 4.60. The van der Waals surface area contributed by atoms with E-state index in [9.17, 15) is 0 Å². The maximum absolute atomic E-state index is 7.88. The van der Waals surface area contributed by atoms with Gasteiger partial charge in [-0.3, -0.25) is 0 Å². The fraction of sp³-hybridized carbons (Fsp3) is 1.00. The van der Waals surface area contributed by atoms with Crippen molar-refractivity contribution in [3.05, 3.63) is 0 Å². The zero-order valence-electron chi connectivity index (χ0n) is 12.7. The molecule has 1 N–H and O–H groups in total. The Morgan fingerprint density at radius 2 is 0.423 bits per heavy atom. The third-order valence-electron chi connectivity index (χ3n) is 0.138. The summed E-state index contributed by atoms with van der Waals surface area (Å²) in [6.07, 6.45) is 0. The van der Waals surface area contributed by atoms with Gasteiger partial charge in [0.1, 0.15) is 4.84 Å². The molecule has 0 spiro atoms. The zero-order chi connectivity index (χ0) is 23.2. The van der Waals surface area contributed by atoms with Gasteiger partial charge in [-0.05, 0) is 0 Å². The third-order valence-corrected chi connectivity index (χ3v) is 0.414. The summed E-state index contributed by atoms with van der Waals surface area (Å²) in [6.45, 7) is -0.164. The number of aliphatic hydroxyl groups excluding tert-OH is 1. The quantitative estimate of drug-likeness (QED) is 0.269. The number of halogens is 16. The number of hydrogen-bond donors (Lipinski definition) is 1. The van der Waals surface area contributed by atoms with E-state index in [0.29, 0.717) is 0 Å². The first-order valence-electron chi connectivity index (χ1n) is 4.90. The molecule has 0 fully saturated rings. The fourth-order valence-corrected chi connectivity index (χ4v) is 0. The van der Waals surface area contributed by atoms with Crippen LogP contribution in [-0.4, -0.2) is 53.9 Å². The Labute approximate surface area is 236 Å². The number of alkyl halides is 16. The molecule has 0 atom stereocenters. The second kappa shape index (κ2) is 99.5. The molecular weight excluding hydrogens is 691 g/mol. The van der Waals surface area contributed by atoms with Gasteiger partial charge in [0.15, 0.2) is 0 Å². The van der Waals surface area contributed by atoms with Crippen LogP contribution in [-0.2, 0) is 0 Å². The molecule has 172 valence electrons. The predicted molar refractivity (Wildman–Crippen MR) is 139 cm³/mol. The van der Waals surface area contributed by atoms with Crippen molar-refractivity contribution in [2.24, 2.45) is 0 Å². The highest BCUT2D eigenvalue weighted by Crippen LogP contribution is 1.96. The SMILES string of the molecule is ClCCl.ClCCl.ClCCl.ClCCl.ClCCl.ClCCl.ClCCl.OCC(Cl)Cl. The van der Waals surface area contributed by atoms with Gasteiger partial charge in [0.05, 0.1) is 44.0 Å². The van der Waals surface area contributed by atoms with Crippen molar-refractivity contribution in [1.82, 2.24) is 0 Å². The molecule has 0 aromatic heterocycles. The van der Waals surface area contributed by atoms with Gasteiger partial charge in [-0.2, -0.15) is 0 Å². The Morgan fingerprint density at radius 3 is 0.423 bits per heavy atom. The molecule has 0 aromatic carbocycles. The van der Waals surface area contributed by atoms with Crippen LogP contribution in [0.2, 0.25) is 0 Å². The third kappa shape index (κ3) is 500. The van der Waals surface area contributed by atoms with Gasteiger partial charge in [-0.25, -0.2) is 0 Å². The summed E-state index contributed by atoms with van der Waals surface area (Å²) >= 11 is 76.6. The highest BCUT2D eigenvalue weighted by molar-refractivity contribution is 6.44. The van der Waals surface area contributed by atoms with Crippen LogP contribution in [0.25, 0.3) is 0 Å². The molecule has 0 aliphatic heterocycles. The molecule has 0 radical (unpaired) electrons. The second-order valence-corrected chi connectivity index (χ2v) is 8.21. The molecular formula is C9H18Cl16O. The molecule has 0 heterocycles. The zero-order valence-corrected chi connectivity index (χ0v) is 24.8. The van der Waals surface area contributed by atoms with Crippen LogP contribution in [0.4, 0.5) is 0 Å². The minimum atomic E-state index is -0.616. The van der Waals surface area contributed by atoms with E-state index in [0.717, 1.165) is 0 Å². The number of rotatable bonds is 1. The molecule has 0 aromatic rings. The van der Waals surface area contributed by atoms with Crippen molar-refractivity contribution < 1.29 is 5.11 Å². The molecule has 0 saturated carbocycles. The van der Waals surface area contributed by atoms with E-state index in [2.05, 4.69) is 0 Å². The van der Waals surface area contributed by atoms with E-state index in [1.165, 1.54) is 0 Å². The van der Waals surface area contributed by atoms with E-state index >= 15 is 0 Å². The van der Waals surface area contributed by atoms with E-state index in [1.54, 1.807) is 0 Å². The molecule has 0 aliphatic carbocycles. The summed E-state index contributed by atoms with van der Waals surface area (Å²) in [7, 11) is 0. The Bertz CT molecular complexity index is 84.1. The Kier molecular flexibility index (Phi) is 201. The van der Waals surface area contributed by atoms with Gasteiger partial charge in [-0.1, -0.05) is 0 Å². The first-order valence-corrected chi connectivity index (χ1v) is 13.3. The lowest BCUT2D eigenvalue weighted by Gasteiger charge is -1.84. The highest BCUT2D eigenvalue weighted by atomic mass is 35.6. The van der Waals surface area contributed by atoms with Crippen LogP contribution >= 0.6 is 186 Å². The van der Waals surface area contributed by atoms with Crippen LogP contribution in [0.5, 0.6) is 0 Å². The average molecular weight is 709 g/mol. The van der Waals surface area contributed by atoms with Gasteiger partial charge < -0.3 is 5.11 Å². The normalized spacial score (nSPS) is 6.69. The Balaban J connectivity index is -0.0000000240. The number of aliphatic hydroxyl groups is 1. The van der Waals surface area contributed by atoms with E-state index < -0.39 is 4.84 Å². The molecule has 0 saturated heterocycles. The summed E-state index contributed by atoms with van der Waals surface area (Å²) in [5.41, 5.74) is 0. The van der Waals surface area contributed by atoms with E-state index in [-0.39, 0.29) is 44.0 Å². The molecule has 26 heavy (non-hydrogen) atoms. The average Bonchev–Trinajstić information content (AvgIpc) is 2.53. The second-order valence-electron chi connectivity index (χ2n) is 1.28. The Morgan fingerprint density at radius 1 is 0.385 bits per heavy atom. The van der Waals surface area contributed by atoms with E-state index in [4.69, 9.17) is 191 Å². The maximum Gasteiger partial charge on any atom is 0.130 e. The smallest absolute Gasteiger partial charge is 0.130 e. The van der Waals surface area contributed by atoms with Crippen LogP contribution < -0.4 is 0 Å². The van der Waals surface area contributed by atoms with Gasteiger partial charge in [0.2, 0.25) is 0 Å². The van der Waals surface area contributed by atoms with Crippen molar-refractivity contribution in [2.75, 3.05) is 44.0 Å². The molecule has 0 aliphatic rings. The van der Waals surface area contributed by atoms with Crippen molar-refractivity contribution in [1.29, 1.82) is 0 Å². The van der Waals surface area contributed by atoms with Crippen molar-refractivity contribution in [2.45, 2.75) is 4.84 Å². The number of hydrogen-bond acceptors (Lipinski definition) is 1. The van der Waals surface area contributed by atoms with Crippen LogP contribution in [0.3, 0.4) is 0 Å². The van der Waals surface area contributed by atoms with Crippen molar-refractivity contribution in [3.63, 3.8) is 0 Å². The largest absolute Gasteiger partial charge is 0.394 e. The lowest BCUT2D eigenvalue weighted by atomic mass is 10.9. The minimum absolute atomic E-state index is 0.164.